The molecule has 0 amide bonds. The molecule has 2 N–H and O–H groups in total. The first-order chi connectivity index (χ1) is 10.8. The number of unbranched alkanes of at least 4 members (excludes halogenated alkanes) is 1. The highest BCUT2D eigenvalue weighted by Gasteiger charge is 2.14. The molecule has 1 fully saturated rings. The number of hydrogen-bond donors (Lipinski definition) is 2. The molecule has 0 aromatic carbocycles. The van der Waals surface area contributed by atoms with Gasteiger partial charge in [-0.2, -0.15) is 0 Å². The second-order valence-electron chi connectivity index (χ2n) is 6.12. The summed E-state index contributed by atoms with van der Waals surface area (Å²) in [5.41, 5.74) is 0. The highest BCUT2D eigenvalue weighted by molar-refractivity contribution is 5.79. The van der Waals surface area contributed by atoms with E-state index >= 15 is 0 Å². The number of guanidine groups is 1. The fraction of sp³-hybridized carbons (Fsp3) is 0.941. The van der Waals surface area contributed by atoms with Gasteiger partial charge in [-0.15, -0.1) is 0 Å². The van der Waals surface area contributed by atoms with Gasteiger partial charge in [0.05, 0.1) is 6.61 Å². The van der Waals surface area contributed by atoms with Crippen LogP contribution >= 0.6 is 0 Å². The average molecular weight is 313 g/mol. The molecule has 0 aromatic heterocycles. The van der Waals surface area contributed by atoms with Crippen LogP contribution in [-0.4, -0.2) is 63.3 Å². The summed E-state index contributed by atoms with van der Waals surface area (Å²) in [7, 11) is 0. The number of piperidine rings is 1. The van der Waals surface area contributed by atoms with Gasteiger partial charge in [0.1, 0.15) is 0 Å². The van der Waals surface area contributed by atoms with Gasteiger partial charge in [-0.3, -0.25) is 4.99 Å². The summed E-state index contributed by atoms with van der Waals surface area (Å²) in [5.74, 6) is 1.83. The summed E-state index contributed by atoms with van der Waals surface area (Å²) in [6.07, 6.45) is 5.14. The molecule has 1 aliphatic rings. The Morgan fingerprint density at radius 1 is 1.18 bits per heavy atom. The normalized spacial score (nSPS) is 17.7. The van der Waals surface area contributed by atoms with E-state index in [2.05, 4.69) is 34.4 Å². The molecular weight excluding hydrogens is 276 g/mol. The van der Waals surface area contributed by atoms with E-state index in [1.54, 1.807) is 0 Å². The molecule has 130 valence electrons. The maximum absolute atomic E-state index is 5.33. The molecule has 0 aliphatic carbocycles. The first-order valence-electron chi connectivity index (χ1n) is 9.08. The standard InChI is InChI=1S/C17H36N4O/c1-4-18-17(20-11-15-22-5-2)19-10-6-7-12-21-13-8-16(3)9-14-21/h16H,4-15H2,1-3H3,(H2,18,19,20). The van der Waals surface area contributed by atoms with E-state index < -0.39 is 0 Å². The molecule has 0 aromatic rings. The van der Waals surface area contributed by atoms with E-state index in [1.165, 1.54) is 38.9 Å². The minimum absolute atomic E-state index is 0.730. The van der Waals surface area contributed by atoms with Crippen molar-refractivity contribution in [1.82, 2.24) is 15.5 Å². The highest BCUT2D eigenvalue weighted by Crippen LogP contribution is 2.16. The number of aliphatic imine (C=N–C) groups is 1. The molecular formula is C17H36N4O. The predicted octanol–water partition coefficient (Wildman–Crippen LogP) is 2.09. The van der Waals surface area contributed by atoms with Crippen LogP contribution in [0.2, 0.25) is 0 Å². The topological polar surface area (TPSA) is 48.9 Å². The molecule has 0 radical (unpaired) electrons. The summed E-state index contributed by atoms with van der Waals surface area (Å²) >= 11 is 0. The van der Waals surface area contributed by atoms with Gasteiger partial charge in [-0.1, -0.05) is 6.92 Å². The van der Waals surface area contributed by atoms with Gasteiger partial charge in [0.2, 0.25) is 0 Å². The van der Waals surface area contributed by atoms with Crippen LogP contribution in [0.5, 0.6) is 0 Å². The summed E-state index contributed by atoms with van der Waals surface area (Å²) in [5, 5.41) is 6.58. The third-order valence-corrected chi connectivity index (χ3v) is 4.12. The van der Waals surface area contributed by atoms with Crippen molar-refractivity contribution in [3.63, 3.8) is 0 Å². The van der Waals surface area contributed by atoms with Crippen molar-refractivity contribution in [2.75, 3.05) is 52.5 Å². The fourth-order valence-corrected chi connectivity index (χ4v) is 2.65. The minimum Gasteiger partial charge on any atom is -0.380 e. The molecule has 22 heavy (non-hydrogen) atoms. The van der Waals surface area contributed by atoms with E-state index in [4.69, 9.17) is 4.74 Å². The third-order valence-electron chi connectivity index (χ3n) is 4.12. The van der Waals surface area contributed by atoms with Crippen LogP contribution in [0.15, 0.2) is 4.99 Å². The molecule has 5 heteroatoms. The van der Waals surface area contributed by atoms with Gasteiger partial charge in [0.15, 0.2) is 5.96 Å². The molecule has 1 heterocycles. The quantitative estimate of drug-likeness (QED) is 0.368. The van der Waals surface area contributed by atoms with E-state index in [-0.39, 0.29) is 0 Å². The number of likely N-dealkylation sites (tertiary alicyclic amines) is 1. The smallest absolute Gasteiger partial charge is 0.191 e. The highest BCUT2D eigenvalue weighted by atomic mass is 16.5. The maximum atomic E-state index is 5.33. The Labute approximate surface area is 136 Å². The Kier molecular flexibility index (Phi) is 11.1. The molecule has 0 bridgehead atoms. The zero-order valence-electron chi connectivity index (χ0n) is 14.9. The van der Waals surface area contributed by atoms with Gasteiger partial charge in [0.25, 0.3) is 0 Å². The van der Waals surface area contributed by atoms with Crippen molar-refractivity contribution in [2.45, 2.75) is 46.5 Å². The molecule has 0 atom stereocenters. The Balaban J connectivity index is 2.09. The largest absolute Gasteiger partial charge is 0.380 e. The van der Waals surface area contributed by atoms with Crippen molar-refractivity contribution >= 4 is 5.96 Å². The van der Waals surface area contributed by atoms with Gasteiger partial charge < -0.3 is 20.3 Å². The summed E-state index contributed by atoms with van der Waals surface area (Å²) in [6.45, 7) is 14.4. The lowest BCUT2D eigenvalue weighted by molar-refractivity contribution is 0.152. The van der Waals surface area contributed by atoms with Gasteiger partial charge in [-0.25, -0.2) is 0 Å². The molecule has 0 unspecified atom stereocenters. The van der Waals surface area contributed by atoms with Crippen molar-refractivity contribution < 1.29 is 4.74 Å². The van der Waals surface area contributed by atoms with E-state index in [9.17, 15) is 0 Å². The predicted molar refractivity (Wildman–Crippen MR) is 94.5 cm³/mol. The minimum atomic E-state index is 0.730. The van der Waals surface area contributed by atoms with Gasteiger partial charge in [-0.05, 0) is 65.1 Å². The Hall–Kier alpha value is -0.810. The molecule has 1 rings (SSSR count). The van der Waals surface area contributed by atoms with Gasteiger partial charge >= 0.3 is 0 Å². The number of rotatable bonds is 10. The first kappa shape index (κ1) is 19.2. The third kappa shape index (κ3) is 9.26. The monoisotopic (exact) mass is 312 g/mol. The van der Waals surface area contributed by atoms with Crippen LogP contribution in [0.3, 0.4) is 0 Å². The van der Waals surface area contributed by atoms with E-state index in [0.717, 1.165) is 51.1 Å². The van der Waals surface area contributed by atoms with Crippen molar-refractivity contribution in [3.05, 3.63) is 0 Å². The fourth-order valence-electron chi connectivity index (χ4n) is 2.65. The van der Waals surface area contributed by atoms with Crippen LogP contribution in [0, 0.1) is 5.92 Å². The zero-order valence-corrected chi connectivity index (χ0v) is 14.9. The van der Waals surface area contributed by atoms with Crippen molar-refractivity contribution in [2.24, 2.45) is 10.9 Å². The second-order valence-corrected chi connectivity index (χ2v) is 6.12. The summed E-state index contributed by atoms with van der Waals surface area (Å²) in [4.78, 5) is 7.23. The lowest BCUT2D eigenvalue weighted by Crippen LogP contribution is -2.39. The number of nitrogens with one attached hydrogen (secondary N) is 2. The molecule has 1 saturated heterocycles. The maximum Gasteiger partial charge on any atom is 0.191 e. The Morgan fingerprint density at radius 2 is 1.95 bits per heavy atom. The van der Waals surface area contributed by atoms with Crippen molar-refractivity contribution in [3.8, 4) is 0 Å². The van der Waals surface area contributed by atoms with Crippen molar-refractivity contribution in [1.29, 1.82) is 0 Å². The van der Waals surface area contributed by atoms with Crippen LogP contribution in [0.25, 0.3) is 0 Å². The number of hydrogen-bond acceptors (Lipinski definition) is 3. The van der Waals surface area contributed by atoms with Crippen LogP contribution < -0.4 is 10.6 Å². The van der Waals surface area contributed by atoms with E-state index in [0.29, 0.717) is 0 Å². The van der Waals surface area contributed by atoms with Crippen LogP contribution in [0.1, 0.15) is 46.5 Å². The zero-order chi connectivity index (χ0) is 16.0. The lowest BCUT2D eigenvalue weighted by atomic mass is 9.99. The lowest BCUT2D eigenvalue weighted by Gasteiger charge is -2.30. The SMILES string of the molecule is CCNC(=NCCCCN1CCC(C)CC1)NCCOCC. The Bertz CT molecular complexity index is 288. The molecule has 5 nitrogen and oxygen atoms in total. The Morgan fingerprint density at radius 3 is 2.64 bits per heavy atom. The second kappa shape index (κ2) is 12.7. The first-order valence-corrected chi connectivity index (χ1v) is 9.08. The molecule has 0 spiro atoms. The van der Waals surface area contributed by atoms with E-state index in [1.807, 2.05) is 6.92 Å². The molecule has 1 aliphatic heterocycles. The average Bonchev–Trinajstić information content (AvgIpc) is 2.53. The van der Waals surface area contributed by atoms with Crippen LogP contribution in [0.4, 0.5) is 0 Å². The van der Waals surface area contributed by atoms with Gasteiger partial charge in [0, 0.05) is 26.2 Å². The number of nitrogens with zero attached hydrogens (tertiary/aromatic N) is 2. The summed E-state index contributed by atoms with van der Waals surface area (Å²) in [6, 6.07) is 0. The number of ether oxygens (including phenoxy) is 1. The summed E-state index contributed by atoms with van der Waals surface area (Å²) < 4.78 is 5.33. The van der Waals surface area contributed by atoms with Crippen LogP contribution in [-0.2, 0) is 4.74 Å². The molecule has 0 saturated carbocycles.